The maximum atomic E-state index is 13.1. The zero-order valence-corrected chi connectivity index (χ0v) is 22.0. The minimum atomic E-state index is -0.372. The van der Waals surface area contributed by atoms with E-state index < -0.39 is 0 Å². The zero-order chi connectivity index (χ0) is 24.0. The molecule has 0 atom stereocenters. The topological polar surface area (TPSA) is 91.2 Å². The molecule has 0 aliphatic carbocycles. The molecule has 4 N–H and O–H groups in total. The number of nitrogens with zero attached hydrogens (tertiary/aromatic N) is 1. The lowest BCUT2D eigenvalue weighted by Crippen LogP contribution is -2.16. The normalized spacial score (nSPS) is 10.5. The van der Waals surface area contributed by atoms with Gasteiger partial charge in [0, 0.05) is 24.5 Å². The van der Waals surface area contributed by atoms with Gasteiger partial charge < -0.3 is 16.2 Å². The average molecular weight is 522 g/mol. The second-order valence-corrected chi connectivity index (χ2v) is 8.64. The molecule has 0 aliphatic heterocycles. The number of aryl methyl sites for hydroxylation is 1. The largest absolute Gasteiger partial charge is 0.461 e. The number of hydrogen-bond donors (Lipinski definition) is 2. The van der Waals surface area contributed by atoms with Crippen molar-refractivity contribution in [1.82, 2.24) is 4.98 Å². The van der Waals surface area contributed by atoms with E-state index >= 15 is 0 Å². The Hall–Kier alpha value is -2.51. The second kappa shape index (κ2) is 14.1. The van der Waals surface area contributed by atoms with Crippen LogP contribution in [0, 0.1) is 18.7 Å². The molecule has 1 aromatic heterocycles. The first-order valence-electron chi connectivity index (χ1n) is 11.2. The predicted molar refractivity (Wildman–Crippen MR) is 143 cm³/mol. The lowest BCUT2D eigenvalue weighted by atomic mass is 9.88. The van der Waals surface area contributed by atoms with Crippen molar-refractivity contribution < 1.29 is 13.9 Å². The van der Waals surface area contributed by atoms with Crippen LogP contribution in [0.3, 0.4) is 0 Å². The number of halogens is 3. The summed E-state index contributed by atoms with van der Waals surface area (Å²) in [6.07, 6.45) is 0.875. The Labute approximate surface area is 219 Å². The summed E-state index contributed by atoms with van der Waals surface area (Å²) in [6, 6.07) is 13.9. The molecule has 2 aromatic carbocycles. The van der Waals surface area contributed by atoms with E-state index in [1.54, 1.807) is 12.1 Å². The van der Waals surface area contributed by atoms with Gasteiger partial charge in [-0.15, -0.1) is 24.8 Å². The Kier molecular flexibility index (Phi) is 12.3. The van der Waals surface area contributed by atoms with Gasteiger partial charge >= 0.3 is 5.97 Å². The second-order valence-electron chi connectivity index (χ2n) is 8.64. The van der Waals surface area contributed by atoms with E-state index in [0.717, 1.165) is 51.2 Å². The van der Waals surface area contributed by atoms with E-state index in [9.17, 15) is 9.18 Å². The van der Waals surface area contributed by atoms with Gasteiger partial charge in [0.1, 0.15) is 12.4 Å². The number of aromatic nitrogens is 1. The fourth-order valence-electron chi connectivity index (χ4n) is 3.93. The molecule has 190 valence electrons. The van der Waals surface area contributed by atoms with E-state index in [2.05, 4.69) is 13.8 Å². The summed E-state index contributed by atoms with van der Waals surface area (Å²) in [5.74, 6) is -0.280. The van der Waals surface area contributed by atoms with Crippen LogP contribution < -0.4 is 11.5 Å². The van der Waals surface area contributed by atoms with Crippen molar-refractivity contribution in [3.8, 4) is 11.1 Å². The summed E-state index contributed by atoms with van der Waals surface area (Å²) >= 11 is 0. The number of nitrogens with two attached hydrogens (primary N) is 2. The molecule has 5 nitrogen and oxygen atoms in total. The molecule has 0 amide bonds. The SMILES string of the molecule is Cc1nc(CC(C)C)c(CN)c(-c2ccc(CN)cc2)c1CC(=O)OCc1ccc(F)cc1.Cl.Cl. The van der Waals surface area contributed by atoms with Crippen molar-refractivity contribution >= 4 is 30.8 Å². The fourth-order valence-corrected chi connectivity index (χ4v) is 3.93. The predicted octanol–water partition coefficient (Wildman–Crippen LogP) is 5.44. The summed E-state index contributed by atoms with van der Waals surface area (Å²) < 4.78 is 18.6. The smallest absolute Gasteiger partial charge is 0.310 e. The maximum absolute atomic E-state index is 13.1. The molecule has 0 bridgehead atoms. The molecule has 0 saturated carbocycles. The van der Waals surface area contributed by atoms with Crippen LogP contribution in [0.25, 0.3) is 11.1 Å². The Morgan fingerprint density at radius 2 is 1.54 bits per heavy atom. The zero-order valence-electron chi connectivity index (χ0n) is 20.3. The quantitative estimate of drug-likeness (QED) is 0.365. The first-order chi connectivity index (χ1) is 15.8. The Morgan fingerprint density at radius 1 is 0.943 bits per heavy atom. The van der Waals surface area contributed by atoms with Crippen LogP contribution in [0.5, 0.6) is 0 Å². The molecule has 0 spiro atoms. The third kappa shape index (κ3) is 8.00. The Balaban J connectivity index is 0.00000306. The molecule has 3 aromatic rings. The van der Waals surface area contributed by atoms with Crippen LogP contribution in [0.4, 0.5) is 4.39 Å². The van der Waals surface area contributed by atoms with E-state index in [4.69, 9.17) is 21.2 Å². The van der Waals surface area contributed by atoms with Crippen molar-refractivity contribution in [3.05, 3.63) is 88.0 Å². The Bertz CT molecular complexity index is 1100. The third-order valence-corrected chi connectivity index (χ3v) is 5.61. The monoisotopic (exact) mass is 521 g/mol. The molecule has 0 aliphatic rings. The highest BCUT2D eigenvalue weighted by Crippen LogP contribution is 2.33. The van der Waals surface area contributed by atoms with Gasteiger partial charge in [-0.25, -0.2) is 4.39 Å². The molecular weight excluding hydrogens is 488 g/mol. The van der Waals surface area contributed by atoms with Crippen LogP contribution >= 0.6 is 24.8 Å². The summed E-state index contributed by atoms with van der Waals surface area (Å²) in [5.41, 5.74) is 19.2. The number of esters is 1. The number of carbonyl (C=O) groups excluding carboxylic acids is 1. The van der Waals surface area contributed by atoms with Crippen molar-refractivity contribution in [2.45, 2.75) is 53.3 Å². The molecule has 35 heavy (non-hydrogen) atoms. The van der Waals surface area contributed by atoms with E-state index in [1.165, 1.54) is 12.1 Å². The van der Waals surface area contributed by atoms with Crippen LogP contribution in [-0.4, -0.2) is 11.0 Å². The van der Waals surface area contributed by atoms with Crippen molar-refractivity contribution in [1.29, 1.82) is 0 Å². The number of hydrogen-bond acceptors (Lipinski definition) is 5. The van der Waals surface area contributed by atoms with Gasteiger partial charge in [-0.2, -0.15) is 0 Å². The van der Waals surface area contributed by atoms with Crippen LogP contribution in [0.2, 0.25) is 0 Å². The van der Waals surface area contributed by atoms with Gasteiger partial charge in [0.15, 0.2) is 0 Å². The lowest BCUT2D eigenvalue weighted by Gasteiger charge is -2.21. The highest BCUT2D eigenvalue weighted by Gasteiger charge is 2.21. The van der Waals surface area contributed by atoms with Gasteiger partial charge in [-0.1, -0.05) is 50.2 Å². The molecule has 0 radical (unpaired) electrons. The first kappa shape index (κ1) is 30.5. The summed E-state index contributed by atoms with van der Waals surface area (Å²) in [5, 5.41) is 0. The lowest BCUT2D eigenvalue weighted by molar-refractivity contribution is -0.144. The van der Waals surface area contributed by atoms with Crippen LogP contribution in [0.1, 0.15) is 47.5 Å². The van der Waals surface area contributed by atoms with Crippen molar-refractivity contribution in [3.63, 3.8) is 0 Å². The number of pyridine rings is 1. The van der Waals surface area contributed by atoms with Crippen LogP contribution in [-0.2, 0) is 42.1 Å². The summed E-state index contributed by atoms with van der Waals surface area (Å²) in [6.45, 7) is 7.08. The van der Waals surface area contributed by atoms with E-state index in [1.807, 2.05) is 31.2 Å². The van der Waals surface area contributed by atoms with E-state index in [0.29, 0.717) is 19.0 Å². The first-order valence-corrected chi connectivity index (χ1v) is 11.2. The molecule has 0 unspecified atom stereocenters. The summed E-state index contributed by atoms with van der Waals surface area (Å²) in [7, 11) is 0. The average Bonchev–Trinajstić information content (AvgIpc) is 2.80. The standard InChI is InChI=1S/C27H32FN3O2.2ClH/c1-17(2)12-25-24(15-30)27(21-8-4-19(14-29)5-9-21)23(18(3)31-25)13-26(32)33-16-20-6-10-22(28)11-7-20;;/h4-11,17H,12-16,29-30H2,1-3H3;2*1H. The van der Waals surface area contributed by atoms with Gasteiger partial charge in [0.25, 0.3) is 0 Å². The number of rotatable bonds is 9. The Morgan fingerprint density at radius 3 is 2.09 bits per heavy atom. The number of carbonyl (C=O) groups is 1. The fraction of sp³-hybridized carbons (Fsp3) is 0.333. The molecular formula is C27H34Cl2FN3O2. The number of benzene rings is 2. The minimum Gasteiger partial charge on any atom is -0.461 e. The van der Waals surface area contributed by atoms with Gasteiger partial charge in [0.2, 0.25) is 0 Å². The molecule has 0 saturated heterocycles. The molecule has 8 heteroatoms. The third-order valence-electron chi connectivity index (χ3n) is 5.61. The van der Waals surface area contributed by atoms with Gasteiger partial charge in [0.05, 0.1) is 6.42 Å². The molecule has 1 heterocycles. The van der Waals surface area contributed by atoms with Crippen molar-refractivity contribution in [2.75, 3.05) is 0 Å². The molecule has 3 rings (SSSR count). The maximum Gasteiger partial charge on any atom is 0.310 e. The highest BCUT2D eigenvalue weighted by atomic mass is 35.5. The summed E-state index contributed by atoms with van der Waals surface area (Å²) in [4.78, 5) is 17.6. The highest BCUT2D eigenvalue weighted by molar-refractivity contribution is 5.85. The number of ether oxygens (including phenoxy) is 1. The van der Waals surface area contributed by atoms with E-state index in [-0.39, 0.29) is 49.6 Å². The van der Waals surface area contributed by atoms with Gasteiger partial charge in [-0.3, -0.25) is 9.78 Å². The van der Waals surface area contributed by atoms with Crippen molar-refractivity contribution in [2.24, 2.45) is 17.4 Å². The van der Waals surface area contributed by atoms with Gasteiger partial charge in [-0.05, 0) is 64.8 Å². The minimum absolute atomic E-state index is 0. The van der Waals surface area contributed by atoms with Crippen LogP contribution in [0.15, 0.2) is 48.5 Å². The molecule has 0 fully saturated rings.